The quantitative estimate of drug-likeness (QED) is 0.771. The summed E-state index contributed by atoms with van der Waals surface area (Å²) in [6.45, 7) is 1.50. The second-order valence-electron chi connectivity index (χ2n) is 4.87. The van der Waals surface area contributed by atoms with Crippen molar-refractivity contribution in [3.8, 4) is 5.75 Å². The molecule has 0 aromatic heterocycles. The van der Waals surface area contributed by atoms with Gasteiger partial charge in [0.25, 0.3) is 0 Å². The maximum Gasteiger partial charge on any atom is 0.387 e. The Hall–Kier alpha value is -0.910. The highest BCUT2D eigenvalue weighted by Crippen LogP contribution is 2.25. The Kier molecular flexibility index (Phi) is 6.65. The number of rotatable bonds is 8. The van der Waals surface area contributed by atoms with Crippen molar-refractivity contribution in [1.82, 2.24) is 5.32 Å². The number of nitrogens with one attached hydrogen (secondary N) is 1. The van der Waals surface area contributed by atoms with Crippen molar-refractivity contribution in [2.24, 2.45) is 0 Å². The van der Waals surface area contributed by atoms with Crippen LogP contribution in [0.4, 0.5) is 8.78 Å². The van der Waals surface area contributed by atoms with Gasteiger partial charge < -0.3 is 15.2 Å². The molecule has 0 heterocycles. The van der Waals surface area contributed by atoms with Crippen molar-refractivity contribution < 1.29 is 18.6 Å². The normalized spacial score (nSPS) is 14.3. The van der Waals surface area contributed by atoms with Gasteiger partial charge in [0, 0.05) is 29.3 Å². The molecule has 1 aromatic carbocycles. The van der Waals surface area contributed by atoms with Crippen molar-refractivity contribution in [3.05, 3.63) is 28.8 Å². The maximum absolute atomic E-state index is 12.4. The molecule has 0 spiro atoms. The molecule has 2 N–H and O–H groups in total. The fraction of sp³-hybridized carbons (Fsp3) is 0.571. The van der Waals surface area contributed by atoms with Gasteiger partial charge in [-0.3, -0.25) is 0 Å². The molecule has 0 aliphatic heterocycles. The maximum atomic E-state index is 12.4. The smallest absolute Gasteiger partial charge is 0.387 e. The number of alkyl halides is 2. The van der Waals surface area contributed by atoms with E-state index in [-0.39, 0.29) is 17.9 Å². The first-order valence-corrected chi connectivity index (χ1v) is 6.87. The number of ether oxygens (including phenoxy) is 1. The van der Waals surface area contributed by atoms with Crippen LogP contribution in [0.2, 0.25) is 5.02 Å². The first kappa shape index (κ1) is 17.1. The summed E-state index contributed by atoms with van der Waals surface area (Å²) in [5, 5.41) is 12.8. The van der Waals surface area contributed by atoms with Gasteiger partial charge in [0.1, 0.15) is 5.75 Å². The van der Waals surface area contributed by atoms with Gasteiger partial charge in [-0.2, -0.15) is 8.78 Å². The lowest BCUT2D eigenvalue weighted by Crippen LogP contribution is -2.42. The zero-order valence-corrected chi connectivity index (χ0v) is 12.4. The van der Waals surface area contributed by atoms with Crippen LogP contribution in [0.1, 0.15) is 32.3 Å². The Labute approximate surface area is 122 Å². The molecule has 20 heavy (non-hydrogen) atoms. The van der Waals surface area contributed by atoms with Gasteiger partial charge in [-0.15, -0.1) is 0 Å². The average molecular weight is 308 g/mol. The van der Waals surface area contributed by atoms with Crippen LogP contribution in [0.25, 0.3) is 0 Å². The molecule has 0 fully saturated rings. The lowest BCUT2D eigenvalue weighted by atomic mass is 9.94. The summed E-state index contributed by atoms with van der Waals surface area (Å²) in [7, 11) is 0. The second-order valence-corrected chi connectivity index (χ2v) is 5.31. The molecule has 1 aromatic rings. The second kappa shape index (κ2) is 7.76. The van der Waals surface area contributed by atoms with Gasteiger partial charge in [-0.1, -0.05) is 18.5 Å². The van der Waals surface area contributed by atoms with Crippen LogP contribution in [0.3, 0.4) is 0 Å². The number of halogens is 3. The topological polar surface area (TPSA) is 41.5 Å². The van der Waals surface area contributed by atoms with E-state index in [1.54, 1.807) is 6.07 Å². The highest BCUT2D eigenvalue weighted by molar-refractivity contribution is 6.30. The van der Waals surface area contributed by atoms with Crippen molar-refractivity contribution in [2.45, 2.75) is 45.4 Å². The Balaban J connectivity index is 2.82. The first-order chi connectivity index (χ1) is 9.40. The van der Waals surface area contributed by atoms with E-state index in [4.69, 9.17) is 16.7 Å². The number of hydrogen-bond acceptors (Lipinski definition) is 3. The Bertz CT molecular complexity index is 432. The van der Waals surface area contributed by atoms with E-state index in [1.807, 2.05) is 13.8 Å². The molecule has 0 aliphatic carbocycles. The monoisotopic (exact) mass is 307 g/mol. The highest BCUT2D eigenvalue weighted by Gasteiger charge is 2.21. The molecule has 114 valence electrons. The molecule has 1 rings (SSSR count). The number of benzene rings is 1. The summed E-state index contributed by atoms with van der Waals surface area (Å²) in [6.07, 6.45) is 1.38. The van der Waals surface area contributed by atoms with Crippen molar-refractivity contribution in [1.29, 1.82) is 0 Å². The summed E-state index contributed by atoms with van der Waals surface area (Å²) in [6, 6.07) is 4.54. The van der Waals surface area contributed by atoms with Crippen molar-refractivity contribution >= 4 is 11.6 Å². The molecule has 1 unspecified atom stereocenters. The molecule has 0 radical (unpaired) electrons. The molecule has 6 heteroatoms. The van der Waals surface area contributed by atoms with E-state index >= 15 is 0 Å². The van der Waals surface area contributed by atoms with Gasteiger partial charge in [0.05, 0.1) is 0 Å². The Morgan fingerprint density at radius 2 is 2.15 bits per heavy atom. The van der Waals surface area contributed by atoms with Crippen molar-refractivity contribution in [2.75, 3.05) is 6.61 Å². The summed E-state index contributed by atoms with van der Waals surface area (Å²) in [5.74, 6) is 0.111. The van der Waals surface area contributed by atoms with Crippen LogP contribution in [0.5, 0.6) is 5.75 Å². The minimum Gasteiger partial charge on any atom is -0.434 e. The fourth-order valence-corrected chi connectivity index (χ4v) is 2.04. The van der Waals surface area contributed by atoms with Gasteiger partial charge in [-0.25, -0.2) is 0 Å². The van der Waals surface area contributed by atoms with Crippen LogP contribution in [-0.2, 0) is 6.54 Å². The van der Waals surface area contributed by atoms with Crippen molar-refractivity contribution in [3.63, 3.8) is 0 Å². The molecule has 0 aliphatic rings. The lowest BCUT2D eigenvalue weighted by Gasteiger charge is -2.29. The SMILES string of the molecule is CCC(C)(CCO)NCc1cc(Cl)ccc1OC(F)F. The third-order valence-corrected chi connectivity index (χ3v) is 3.62. The number of hydrogen-bond donors (Lipinski definition) is 2. The fourth-order valence-electron chi connectivity index (χ4n) is 1.84. The van der Waals surface area contributed by atoms with Gasteiger partial charge in [-0.05, 0) is 38.0 Å². The van der Waals surface area contributed by atoms with Gasteiger partial charge in [0.2, 0.25) is 0 Å². The van der Waals surface area contributed by atoms with Crippen LogP contribution < -0.4 is 10.1 Å². The number of aliphatic hydroxyl groups is 1. The van der Waals surface area contributed by atoms with E-state index in [0.29, 0.717) is 23.6 Å². The molecule has 0 saturated carbocycles. The standard InChI is InChI=1S/C14H20ClF2NO2/c1-3-14(2,6-7-19)18-9-10-8-11(15)4-5-12(10)20-13(16)17/h4-5,8,13,18-19H,3,6-7,9H2,1-2H3. The summed E-state index contributed by atoms with van der Waals surface area (Å²) in [4.78, 5) is 0. The van der Waals surface area contributed by atoms with E-state index in [1.165, 1.54) is 12.1 Å². The average Bonchev–Trinajstić information content (AvgIpc) is 2.39. The molecule has 0 bridgehead atoms. The minimum atomic E-state index is -2.87. The zero-order valence-electron chi connectivity index (χ0n) is 11.6. The lowest BCUT2D eigenvalue weighted by molar-refractivity contribution is -0.0505. The molecule has 1 atom stereocenters. The van der Waals surface area contributed by atoms with E-state index in [9.17, 15) is 8.78 Å². The molecule has 3 nitrogen and oxygen atoms in total. The van der Waals surface area contributed by atoms with Crippen LogP contribution in [-0.4, -0.2) is 23.9 Å². The third kappa shape index (κ3) is 5.23. The van der Waals surface area contributed by atoms with E-state index in [2.05, 4.69) is 10.1 Å². The Morgan fingerprint density at radius 1 is 1.45 bits per heavy atom. The van der Waals surface area contributed by atoms with E-state index in [0.717, 1.165) is 6.42 Å². The predicted molar refractivity (Wildman–Crippen MR) is 75.3 cm³/mol. The Morgan fingerprint density at radius 3 is 2.70 bits per heavy atom. The number of aliphatic hydroxyl groups excluding tert-OH is 1. The molecular weight excluding hydrogens is 288 g/mol. The molecular formula is C14H20ClF2NO2. The first-order valence-electron chi connectivity index (χ1n) is 6.49. The summed E-state index contributed by atoms with van der Waals surface area (Å²) < 4.78 is 29.2. The molecule has 0 amide bonds. The third-order valence-electron chi connectivity index (χ3n) is 3.39. The van der Waals surface area contributed by atoms with Crippen LogP contribution in [0, 0.1) is 0 Å². The molecule has 0 saturated heterocycles. The predicted octanol–water partition coefficient (Wildman–Crippen LogP) is 3.58. The van der Waals surface area contributed by atoms with Crippen LogP contribution >= 0.6 is 11.6 Å². The highest BCUT2D eigenvalue weighted by atomic mass is 35.5. The van der Waals surface area contributed by atoms with Gasteiger partial charge in [0.15, 0.2) is 0 Å². The largest absolute Gasteiger partial charge is 0.434 e. The zero-order chi connectivity index (χ0) is 15.2. The minimum absolute atomic E-state index is 0.0628. The summed E-state index contributed by atoms with van der Waals surface area (Å²) in [5.41, 5.74) is 0.300. The van der Waals surface area contributed by atoms with Gasteiger partial charge >= 0.3 is 6.61 Å². The van der Waals surface area contributed by atoms with Crippen LogP contribution in [0.15, 0.2) is 18.2 Å². The van der Waals surface area contributed by atoms with E-state index < -0.39 is 6.61 Å². The summed E-state index contributed by atoms with van der Waals surface area (Å²) >= 11 is 5.89.